The Morgan fingerprint density at radius 3 is 1.95 bits per heavy atom. The molecule has 0 heterocycles. The summed E-state index contributed by atoms with van der Waals surface area (Å²) in [6.45, 7) is 9.11. The van der Waals surface area contributed by atoms with E-state index in [2.05, 4.69) is 38.4 Å². The van der Waals surface area contributed by atoms with Crippen molar-refractivity contribution in [2.24, 2.45) is 0 Å². The van der Waals surface area contributed by atoms with Gasteiger partial charge in [-0.15, -0.1) is 0 Å². The lowest BCUT2D eigenvalue weighted by Crippen LogP contribution is -2.33. The van der Waals surface area contributed by atoms with Gasteiger partial charge in [-0.3, -0.25) is 0 Å². The maximum absolute atomic E-state index is 12.6. The number of carbonyl (C=O) groups excluding carboxylic acids is 2. The van der Waals surface area contributed by atoms with E-state index in [-0.39, 0.29) is 18.7 Å². The zero-order chi connectivity index (χ0) is 27.8. The maximum atomic E-state index is 12.6. The first-order valence-corrected chi connectivity index (χ1v) is 14.2. The number of nitriles is 1. The van der Waals surface area contributed by atoms with Crippen LogP contribution in [0, 0.1) is 11.3 Å². The van der Waals surface area contributed by atoms with Gasteiger partial charge in [-0.05, 0) is 71.2 Å². The molecule has 0 radical (unpaired) electrons. The van der Waals surface area contributed by atoms with E-state index in [0.717, 1.165) is 0 Å². The van der Waals surface area contributed by atoms with Gasteiger partial charge in [-0.2, -0.15) is 5.26 Å². The molecule has 0 saturated carbocycles. The highest BCUT2D eigenvalue weighted by Crippen LogP contribution is 2.46. The second-order valence-electron chi connectivity index (χ2n) is 9.23. The lowest BCUT2D eigenvalue weighted by molar-refractivity contribution is -0.00359. The molecular formula is C29H39N2O6P. The molecule has 206 valence electrons. The summed E-state index contributed by atoms with van der Waals surface area (Å²) >= 11 is 0. The fourth-order valence-corrected chi connectivity index (χ4v) is 5.35. The summed E-state index contributed by atoms with van der Waals surface area (Å²) in [4.78, 5) is 25.1. The van der Waals surface area contributed by atoms with Gasteiger partial charge < -0.3 is 18.5 Å². The molecule has 0 spiro atoms. The van der Waals surface area contributed by atoms with Crippen LogP contribution in [-0.2, 0) is 18.5 Å². The molecule has 0 aromatic heterocycles. The molecule has 0 aliphatic rings. The summed E-state index contributed by atoms with van der Waals surface area (Å²) in [5, 5.41) is 8.87. The number of esters is 2. The van der Waals surface area contributed by atoms with Crippen molar-refractivity contribution < 1.29 is 28.1 Å². The summed E-state index contributed by atoms with van der Waals surface area (Å²) in [6.07, 6.45) is 1.63. The van der Waals surface area contributed by atoms with Crippen molar-refractivity contribution in [2.75, 3.05) is 19.8 Å². The molecule has 0 aliphatic carbocycles. The quantitative estimate of drug-likeness (QED) is 0.126. The molecular weight excluding hydrogens is 503 g/mol. The zero-order valence-electron chi connectivity index (χ0n) is 22.7. The van der Waals surface area contributed by atoms with Crippen LogP contribution < -0.4 is 0 Å². The van der Waals surface area contributed by atoms with Gasteiger partial charge in [0.1, 0.15) is 12.7 Å². The summed E-state index contributed by atoms with van der Waals surface area (Å²) in [5.41, 5.74) is 0.886. The first-order chi connectivity index (χ1) is 18.3. The third-order valence-corrected chi connectivity index (χ3v) is 7.59. The number of hydrogen-bond acceptors (Lipinski definition) is 8. The third kappa shape index (κ3) is 11.3. The van der Waals surface area contributed by atoms with Crippen LogP contribution in [0.4, 0.5) is 0 Å². The molecule has 9 heteroatoms. The van der Waals surface area contributed by atoms with E-state index >= 15 is 0 Å². The average molecular weight is 543 g/mol. The summed E-state index contributed by atoms with van der Waals surface area (Å²) in [6, 6.07) is 20.0. The molecule has 2 unspecified atom stereocenters. The summed E-state index contributed by atoms with van der Waals surface area (Å²) in [5.74, 6) is -0.918. The second kappa shape index (κ2) is 17.6. The smallest absolute Gasteiger partial charge is 0.338 e. The van der Waals surface area contributed by atoms with Crippen molar-refractivity contribution in [1.82, 2.24) is 4.67 Å². The minimum atomic E-state index is -1.30. The number of unbranched alkanes of at least 4 members (excludes halogenated alkanes) is 1. The SMILES string of the molecule is CC(C)N(C(C)C)P(OCCC#N)OCCCCC(COC(=O)c1ccccc1)OC(=O)c1ccccc1. The van der Waals surface area contributed by atoms with Crippen LogP contribution in [-0.4, -0.2) is 54.6 Å². The van der Waals surface area contributed by atoms with Gasteiger partial charge in [-0.1, -0.05) is 36.4 Å². The van der Waals surface area contributed by atoms with Crippen LogP contribution in [0.1, 0.15) is 74.1 Å². The van der Waals surface area contributed by atoms with Crippen molar-refractivity contribution in [2.45, 2.75) is 71.6 Å². The Balaban J connectivity index is 1.93. The first kappa shape index (κ1) is 31.4. The molecule has 2 rings (SSSR count). The van der Waals surface area contributed by atoms with Crippen molar-refractivity contribution in [3.8, 4) is 6.07 Å². The number of benzene rings is 2. The molecule has 0 saturated heterocycles. The normalized spacial score (nSPS) is 12.8. The van der Waals surface area contributed by atoms with E-state index in [0.29, 0.717) is 50.0 Å². The lowest BCUT2D eigenvalue weighted by atomic mass is 10.1. The minimum absolute atomic E-state index is 0.0361. The first-order valence-electron chi connectivity index (χ1n) is 13.0. The summed E-state index contributed by atoms with van der Waals surface area (Å²) in [7, 11) is -1.30. The highest BCUT2D eigenvalue weighted by atomic mass is 31.2. The standard InChI is InChI=1S/C29H39N2O6P/c1-23(2)31(24(3)4)38(36-21-13-19-30)35-20-12-11-18-27(37-29(33)26-16-9-6-10-17-26)22-34-28(32)25-14-7-5-8-15-25/h5-10,14-17,23-24,27H,11-13,18,20-22H2,1-4H3. The van der Waals surface area contributed by atoms with Gasteiger partial charge in [-0.25, -0.2) is 14.3 Å². The van der Waals surface area contributed by atoms with Gasteiger partial charge in [0.05, 0.1) is 36.8 Å². The van der Waals surface area contributed by atoms with E-state index in [1.165, 1.54) is 0 Å². The van der Waals surface area contributed by atoms with Gasteiger partial charge in [0, 0.05) is 12.1 Å². The fourth-order valence-electron chi connectivity index (χ4n) is 3.73. The van der Waals surface area contributed by atoms with Crippen LogP contribution in [0.2, 0.25) is 0 Å². The predicted molar refractivity (Wildman–Crippen MR) is 147 cm³/mol. The minimum Gasteiger partial charge on any atom is -0.458 e. The monoisotopic (exact) mass is 542 g/mol. The van der Waals surface area contributed by atoms with E-state index < -0.39 is 26.6 Å². The Bertz CT molecular complexity index is 989. The zero-order valence-corrected chi connectivity index (χ0v) is 23.6. The molecule has 38 heavy (non-hydrogen) atoms. The van der Waals surface area contributed by atoms with Crippen LogP contribution in [0.3, 0.4) is 0 Å². The van der Waals surface area contributed by atoms with Crippen molar-refractivity contribution >= 4 is 20.5 Å². The van der Waals surface area contributed by atoms with Crippen molar-refractivity contribution in [3.05, 3.63) is 71.8 Å². The molecule has 0 amide bonds. The molecule has 2 aromatic carbocycles. The van der Waals surface area contributed by atoms with Crippen molar-refractivity contribution in [1.29, 1.82) is 5.26 Å². The third-order valence-electron chi connectivity index (χ3n) is 5.48. The van der Waals surface area contributed by atoms with Gasteiger partial charge in [0.25, 0.3) is 8.53 Å². The molecule has 0 fully saturated rings. The van der Waals surface area contributed by atoms with E-state index in [4.69, 9.17) is 23.8 Å². The average Bonchev–Trinajstić information content (AvgIpc) is 2.91. The second-order valence-corrected chi connectivity index (χ2v) is 10.7. The number of carbonyl (C=O) groups is 2. The highest BCUT2D eigenvalue weighted by molar-refractivity contribution is 7.44. The molecule has 0 N–H and O–H groups in total. The highest BCUT2D eigenvalue weighted by Gasteiger charge is 2.27. The Hall–Kier alpha value is -2.82. The summed E-state index contributed by atoms with van der Waals surface area (Å²) < 4.78 is 25.4. The molecule has 0 bridgehead atoms. The Morgan fingerprint density at radius 1 is 0.842 bits per heavy atom. The van der Waals surface area contributed by atoms with E-state index in [1.807, 2.05) is 12.1 Å². The van der Waals surface area contributed by atoms with Crippen LogP contribution in [0.15, 0.2) is 60.7 Å². The number of nitrogens with zero attached hydrogens (tertiary/aromatic N) is 2. The van der Waals surface area contributed by atoms with E-state index in [9.17, 15) is 9.59 Å². The fraction of sp³-hybridized carbons (Fsp3) is 0.483. The van der Waals surface area contributed by atoms with Gasteiger partial charge >= 0.3 is 11.9 Å². The Labute approximate surface area is 227 Å². The Kier molecular flexibility index (Phi) is 14.6. The predicted octanol–water partition coefficient (Wildman–Crippen LogP) is 6.53. The number of ether oxygens (including phenoxy) is 2. The topological polar surface area (TPSA) is 98.1 Å². The molecule has 8 nitrogen and oxygen atoms in total. The van der Waals surface area contributed by atoms with E-state index in [1.54, 1.807) is 48.5 Å². The molecule has 2 atom stereocenters. The molecule has 0 aliphatic heterocycles. The largest absolute Gasteiger partial charge is 0.458 e. The number of rotatable bonds is 17. The van der Waals surface area contributed by atoms with Gasteiger partial charge in [0.2, 0.25) is 0 Å². The maximum Gasteiger partial charge on any atom is 0.338 e. The number of hydrogen-bond donors (Lipinski definition) is 0. The van der Waals surface area contributed by atoms with Crippen LogP contribution in [0.5, 0.6) is 0 Å². The Morgan fingerprint density at radius 2 is 1.39 bits per heavy atom. The lowest BCUT2D eigenvalue weighted by Gasteiger charge is -2.35. The van der Waals surface area contributed by atoms with Crippen LogP contribution >= 0.6 is 8.53 Å². The van der Waals surface area contributed by atoms with Gasteiger partial charge in [0.15, 0.2) is 0 Å². The van der Waals surface area contributed by atoms with Crippen LogP contribution in [0.25, 0.3) is 0 Å². The van der Waals surface area contributed by atoms with Crippen molar-refractivity contribution in [3.63, 3.8) is 0 Å². The molecule has 2 aromatic rings.